The minimum absolute atomic E-state index is 0.0840. The number of anilines is 1. The molecular formula is C20H20N4O2S. The highest BCUT2D eigenvalue weighted by molar-refractivity contribution is 8.00. The SMILES string of the molecule is COc1ccc(-c2nc(SC(C)C(=O)N3CCc4ccccc43)n[nH]2)cc1. The van der Waals surface area contributed by atoms with Crippen LogP contribution in [0.4, 0.5) is 5.69 Å². The number of carbonyl (C=O) groups is 1. The molecule has 2 aromatic carbocycles. The molecule has 0 fully saturated rings. The Morgan fingerprint density at radius 1 is 1.22 bits per heavy atom. The van der Waals surface area contributed by atoms with E-state index in [1.165, 1.54) is 17.3 Å². The zero-order valence-electron chi connectivity index (χ0n) is 15.2. The van der Waals surface area contributed by atoms with Gasteiger partial charge in [-0.2, -0.15) is 0 Å². The molecule has 1 aliphatic heterocycles. The van der Waals surface area contributed by atoms with E-state index in [0.717, 1.165) is 30.0 Å². The van der Waals surface area contributed by atoms with Crippen LogP contribution in [-0.4, -0.2) is 40.0 Å². The van der Waals surface area contributed by atoms with Crippen molar-refractivity contribution >= 4 is 23.4 Å². The summed E-state index contributed by atoms with van der Waals surface area (Å²) in [6.07, 6.45) is 0.904. The van der Waals surface area contributed by atoms with Crippen LogP contribution in [0.25, 0.3) is 11.4 Å². The molecule has 1 N–H and O–H groups in total. The van der Waals surface area contributed by atoms with Gasteiger partial charge in [0.05, 0.1) is 12.4 Å². The molecule has 138 valence electrons. The van der Waals surface area contributed by atoms with E-state index in [4.69, 9.17) is 4.74 Å². The number of hydrogen-bond donors (Lipinski definition) is 1. The van der Waals surface area contributed by atoms with Crippen molar-refractivity contribution in [3.63, 3.8) is 0 Å². The number of aromatic amines is 1. The van der Waals surface area contributed by atoms with E-state index >= 15 is 0 Å². The highest BCUT2D eigenvalue weighted by Crippen LogP contribution is 2.31. The smallest absolute Gasteiger partial charge is 0.240 e. The molecule has 4 rings (SSSR count). The molecule has 0 aliphatic carbocycles. The second kappa shape index (κ2) is 7.44. The third-order valence-corrected chi connectivity index (χ3v) is 5.56. The van der Waals surface area contributed by atoms with Crippen molar-refractivity contribution in [3.8, 4) is 17.1 Å². The van der Waals surface area contributed by atoms with E-state index in [2.05, 4.69) is 21.2 Å². The van der Waals surface area contributed by atoms with Crippen molar-refractivity contribution in [2.45, 2.75) is 23.8 Å². The fourth-order valence-electron chi connectivity index (χ4n) is 3.17. The number of fused-ring (bicyclic) bond motifs is 1. The number of rotatable bonds is 5. The summed E-state index contributed by atoms with van der Waals surface area (Å²) in [6, 6.07) is 15.7. The van der Waals surface area contributed by atoms with E-state index in [-0.39, 0.29) is 11.2 Å². The maximum atomic E-state index is 12.9. The first kappa shape index (κ1) is 17.6. The molecule has 0 spiro atoms. The van der Waals surface area contributed by atoms with Crippen molar-refractivity contribution in [1.29, 1.82) is 0 Å². The van der Waals surface area contributed by atoms with Gasteiger partial charge in [-0.05, 0) is 49.2 Å². The van der Waals surface area contributed by atoms with E-state index in [9.17, 15) is 4.79 Å². The van der Waals surface area contributed by atoms with Gasteiger partial charge < -0.3 is 9.64 Å². The number of ether oxygens (including phenoxy) is 1. The Morgan fingerprint density at radius 2 is 2.00 bits per heavy atom. The average molecular weight is 380 g/mol. The first-order valence-corrected chi connectivity index (χ1v) is 9.66. The maximum Gasteiger partial charge on any atom is 0.240 e. The highest BCUT2D eigenvalue weighted by atomic mass is 32.2. The summed E-state index contributed by atoms with van der Waals surface area (Å²) in [7, 11) is 1.63. The number of para-hydroxylation sites is 1. The minimum atomic E-state index is -0.268. The van der Waals surface area contributed by atoms with Crippen LogP contribution in [0.2, 0.25) is 0 Å². The Balaban J connectivity index is 1.45. The van der Waals surface area contributed by atoms with Crippen LogP contribution < -0.4 is 9.64 Å². The Morgan fingerprint density at radius 3 is 2.78 bits per heavy atom. The van der Waals surface area contributed by atoms with Crippen LogP contribution in [0.1, 0.15) is 12.5 Å². The van der Waals surface area contributed by atoms with E-state index < -0.39 is 0 Å². The van der Waals surface area contributed by atoms with E-state index in [1.54, 1.807) is 7.11 Å². The Kier molecular flexibility index (Phi) is 4.85. The molecule has 0 bridgehead atoms. The number of methoxy groups -OCH3 is 1. The average Bonchev–Trinajstić information content (AvgIpc) is 3.34. The quantitative estimate of drug-likeness (QED) is 0.686. The number of nitrogens with zero attached hydrogens (tertiary/aromatic N) is 3. The number of amides is 1. The number of aromatic nitrogens is 3. The molecule has 7 heteroatoms. The van der Waals surface area contributed by atoms with E-state index in [1.807, 2.05) is 54.3 Å². The van der Waals surface area contributed by atoms with Gasteiger partial charge in [-0.3, -0.25) is 9.89 Å². The largest absolute Gasteiger partial charge is 0.497 e. The standard InChI is InChI=1S/C20H20N4O2S/c1-13(19(25)24-12-11-14-5-3-4-6-17(14)24)27-20-21-18(22-23-20)15-7-9-16(26-2)10-8-15/h3-10,13H,11-12H2,1-2H3,(H,21,22,23). The van der Waals surface area contributed by atoms with Crippen molar-refractivity contribution in [2.75, 3.05) is 18.6 Å². The first-order valence-electron chi connectivity index (χ1n) is 8.78. The first-order chi connectivity index (χ1) is 13.2. The van der Waals surface area contributed by atoms with Gasteiger partial charge in [0.2, 0.25) is 11.1 Å². The topological polar surface area (TPSA) is 71.1 Å². The monoisotopic (exact) mass is 380 g/mol. The lowest BCUT2D eigenvalue weighted by atomic mass is 10.2. The molecule has 2 heterocycles. The molecule has 1 atom stereocenters. The van der Waals surface area contributed by atoms with Gasteiger partial charge in [-0.1, -0.05) is 30.0 Å². The summed E-state index contributed by atoms with van der Waals surface area (Å²) in [6.45, 7) is 2.63. The van der Waals surface area contributed by atoms with Crippen LogP contribution in [0.3, 0.4) is 0 Å². The zero-order chi connectivity index (χ0) is 18.8. The molecule has 1 unspecified atom stereocenters. The van der Waals surface area contributed by atoms with Gasteiger partial charge in [-0.15, -0.1) is 5.10 Å². The van der Waals surface area contributed by atoms with Gasteiger partial charge in [0.1, 0.15) is 5.75 Å². The lowest BCUT2D eigenvalue weighted by Gasteiger charge is -2.20. The van der Waals surface area contributed by atoms with Gasteiger partial charge in [0.25, 0.3) is 0 Å². The summed E-state index contributed by atoms with van der Waals surface area (Å²) in [5.41, 5.74) is 3.16. The number of benzene rings is 2. The van der Waals surface area contributed by atoms with Gasteiger partial charge in [-0.25, -0.2) is 4.98 Å². The molecule has 0 saturated carbocycles. The number of H-pyrrole nitrogens is 1. The maximum absolute atomic E-state index is 12.9. The lowest BCUT2D eigenvalue weighted by molar-refractivity contribution is -0.117. The number of nitrogens with one attached hydrogen (secondary N) is 1. The van der Waals surface area contributed by atoms with Gasteiger partial charge >= 0.3 is 0 Å². The molecule has 1 aliphatic rings. The number of thioether (sulfide) groups is 1. The molecule has 0 saturated heterocycles. The summed E-state index contributed by atoms with van der Waals surface area (Å²) >= 11 is 1.37. The lowest BCUT2D eigenvalue weighted by Crippen LogP contribution is -2.35. The molecule has 1 amide bonds. The Hall–Kier alpha value is -2.80. The van der Waals surface area contributed by atoms with Crippen molar-refractivity contribution in [1.82, 2.24) is 15.2 Å². The number of hydrogen-bond acceptors (Lipinski definition) is 5. The zero-order valence-corrected chi connectivity index (χ0v) is 16.0. The van der Waals surface area contributed by atoms with E-state index in [0.29, 0.717) is 11.0 Å². The summed E-state index contributed by atoms with van der Waals surface area (Å²) in [5.74, 6) is 1.55. The van der Waals surface area contributed by atoms with Crippen molar-refractivity contribution in [3.05, 3.63) is 54.1 Å². The third kappa shape index (κ3) is 3.55. The second-order valence-electron chi connectivity index (χ2n) is 6.32. The predicted molar refractivity (Wildman–Crippen MR) is 106 cm³/mol. The molecule has 6 nitrogen and oxygen atoms in total. The van der Waals surface area contributed by atoms with Crippen LogP contribution in [0.5, 0.6) is 5.75 Å². The van der Waals surface area contributed by atoms with Crippen LogP contribution in [0.15, 0.2) is 53.7 Å². The molecule has 3 aromatic rings. The minimum Gasteiger partial charge on any atom is -0.497 e. The number of carbonyl (C=O) groups excluding carboxylic acids is 1. The van der Waals surface area contributed by atoms with Crippen molar-refractivity contribution < 1.29 is 9.53 Å². The summed E-state index contributed by atoms with van der Waals surface area (Å²) < 4.78 is 5.17. The normalized spacial score (nSPS) is 14.1. The highest BCUT2D eigenvalue weighted by Gasteiger charge is 2.29. The van der Waals surface area contributed by atoms with Gasteiger partial charge in [0.15, 0.2) is 5.82 Å². The molecule has 1 aromatic heterocycles. The van der Waals surface area contributed by atoms with Crippen LogP contribution in [0, 0.1) is 0 Å². The van der Waals surface area contributed by atoms with Crippen LogP contribution >= 0.6 is 11.8 Å². The Labute approximate surface area is 162 Å². The molecule has 0 radical (unpaired) electrons. The third-order valence-electron chi connectivity index (χ3n) is 4.61. The van der Waals surface area contributed by atoms with Gasteiger partial charge in [0, 0.05) is 17.8 Å². The fourth-order valence-corrected chi connectivity index (χ4v) is 3.96. The molecular weight excluding hydrogens is 360 g/mol. The van der Waals surface area contributed by atoms with Crippen LogP contribution in [-0.2, 0) is 11.2 Å². The van der Waals surface area contributed by atoms with Crippen molar-refractivity contribution in [2.24, 2.45) is 0 Å². The molecule has 27 heavy (non-hydrogen) atoms. The Bertz CT molecular complexity index is 955. The summed E-state index contributed by atoms with van der Waals surface area (Å²) in [5, 5.41) is 7.49. The fraction of sp³-hybridized carbons (Fsp3) is 0.250. The predicted octanol–water partition coefficient (Wildman–Crippen LogP) is 3.55. The second-order valence-corrected chi connectivity index (χ2v) is 7.63. The summed E-state index contributed by atoms with van der Waals surface area (Å²) in [4.78, 5) is 19.3.